The summed E-state index contributed by atoms with van der Waals surface area (Å²) in [5, 5.41) is 6.72. The minimum atomic E-state index is 0.165. The molecule has 1 unspecified atom stereocenters. The molecule has 1 aromatic heterocycles. The van der Waals surface area contributed by atoms with Gasteiger partial charge in [0.2, 0.25) is 0 Å². The van der Waals surface area contributed by atoms with E-state index in [2.05, 4.69) is 39.7 Å². The Balaban J connectivity index is 1.65. The lowest BCUT2D eigenvalue weighted by Gasteiger charge is -2.15. The minimum Gasteiger partial charge on any atom is -0.496 e. The zero-order valence-corrected chi connectivity index (χ0v) is 14.4. The van der Waals surface area contributed by atoms with Gasteiger partial charge in [-0.2, -0.15) is 0 Å². The monoisotopic (exact) mass is 334 g/mol. The lowest BCUT2D eigenvalue weighted by Crippen LogP contribution is -2.09. The molecule has 0 saturated carbocycles. The number of nitrogens with zero attached hydrogens (tertiary/aromatic N) is 2. The van der Waals surface area contributed by atoms with E-state index in [0.29, 0.717) is 6.54 Å². The van der Waals surface area contributed by atoms with Crippen molar-refractivity contribution in [1.82, 2.24) is 9.97 Å². The summed E-state index contributed by atoms with van der Waals surface area (Å²) in [6, 6.07) is 20.3. The summed E-state index contributed by atoms with van der Waals surface area (Å²) in [5.41, 5.74) is 2.29. The third-order valence-electron chi connectivity index (χ3n) is 3.98. The van der Waals surface area contributed by atoms with E-state index in [1.807, 2.05) is 48.5 Å². The maximum atomic E-state index is 5.37. The molecule has 0 aliphatic carbocycles. The van der Waals surface area contributed by atoms with Crippen molar-refractivity contribution in [2.75, 3.05) is 17.7 Å². The van der Waals surface area contributed by atoms with Gasteiger partial charge < -0.3 is 15.4 Å². The fraction of sp³-hybridized carbons (Fsp3) is 0.200. The molecule has 0 spiro atoms. The van der Waals surface area contributed by atoms with Crippen LogP contribution in [-0.2, 0) is 6.54 Å². The van der Waals surface area contributed by atoms with Gasteiger partial charge in [0, 0.05) is 24.2 Å². The molecule has 2 aromatic carbocycles. The highest BCUT2D eigenvalue weighted by molar-refractivity contribution is 5.48. The number of para-hydroxylation sites is 1. The third kappa shape index (κ3) is 4.47. The summed E-state index contributed by atoms with van der Waals surface area (Å²) < 4.78 is 5.37. The number of aromatic nitrogens is 2. The van der Waals surface area contributed by atoms with Gasteiger partial charge in [0.15, 0.2) is 0 Å². The SMILES string of the molecule is COc1ccccc1CNc1cc(NC(C)c2ccccc2)ncn1. The van der Waals surface area contributed by atoms with Crippen LogP contribution in [0.4, 0.5) is 11.6 Å². The van der Waals surface area contributed by atoms with Crippen molar-refractivity contribution < 1.29 is 4.74 Å². The number of hydrogen-bond donors (Lipinski definition) is 2. The van der Waals surface area contributed by atoms with Crippen molar-refractivity contribution in [3.63, 3.8) is 0 Å². The first-order valence-corrected chi connectivity index (χ1v) is 8.25. The Bertz CT molecular complexity index is 808. The zero-order chi connectivity index (χ0) is 17.5. The van der Waals surface area contributed by atoms with Crippen molar-refractivity contribution in [3.05, 3.63) is 78.1 Å². The molecule has 0 aliphatic rings. The van der Waals surface area contributed by atoms with Gasteiger partial charge in [-0.1, -0.05) is 48.5 Å². The third-order valence-corrected chi connectivity index (χ3v) is 3.98. The van der Waals surface area contributed by atoms with Gasteiger partial charge in [0.05, 0.1) is 7.11 Å². The number of nitrogens with one attached hydrogen (secondary N) is 2. The van der Waals surface area contributed by atoms with Gasteiger partial charge in [-0.15, -0.1) is 0 Å². The molecule has 2 N–H and O–H groups in total. The second-order valence-corrected chi connectivity index (χ2v) is 5.73. The largest absolute Gasteiger partial charge is 0.496 e. The molecular weight excluding hydrogens is 312 g/mol. The van der Waals surface area contributed by atoms with Crippen molar-refractivity contribution >= 4 is 11.6 Å². The molecule has 5 heteroatoms. The first-order chi connectivity index (χ1) is 12.3. The first-order valence-electron chi connectivity index (χ1n) is 8.25. The van der Waals surface area contributed by atoms with Gasteiger partial charge in [0.25, 0.3) is 0 Å². The molecule has 3 aromatic rings. The lowest BCUT2D eigenvalue weighted by atomic mass is 10.1. The topological polar surface area (TPSA) is 59.1 Å². The van der Waals surface area contributed by atoms with Gasteiger partial charge in [0.1, 0.15) is 23.7 Å². The van der Waals surface area contributed by atoms with E-state index in [0.717, 1.165) is 22.9 Å². The number of ether oxygens (including phenoxy) is 1. The number of rotatable bonds is 7. The number of anilines is 2. The van der Waals surface area contributed by atoms with E-state index in [9.17, 15) is 0 Å². The van der Waals surface area contributed by atoms with Gasteiger partial charge in [-0.05, 0) is 18.6 Å². The average molecular weight is 334 g/mol. The summed E-state index contributed by atoms with van der Waals surface area (Å²) in [4.78, 5) is 8.59. The van der Waals surface area contributed by atoms with Crippen molar-refractivity contribution in [2.45, 2.75) is 19.5 Å². The van der Waals surface area contributed by atoms with Crippen LogP contribution in [-0.4, -0.2) is 17.1 Å². The predicted octanol–water partition coefficient (Wildman–Crippen LogP) is 4.27. The Hall–Kier alpha value is -3.08. The maximum absolute atomic E-state index is 5.37. The molecule has 1 atom stereocenters. The summed E-state index contributed by atoms with van der Waals surface area (Å²) in [5.74, 6) is 2.41. The molecule has 5 nitrogen and oxygen atoms in total. The summed E-state index contributed by atoms with van der Waals surface area (Å²) in [7, 11) is 1.68. The molecular formula is C20H22N4O. The van der Waals surface area contributed by atoms with Crippen molar-refractivity contribution in [2.24, 2.45) is 0 Å². The second-order valence-electron chi connectivity index (χ2n) is 5.73. The van der Waals surface area contributed by atoms with Crippen LogP contribution >= 0.6 is 0 Å². The Morgan fingerprint density at radius 3 is 2.48 bits per heavy atom. The highest BCUT2D eigenvalue weighted by Crippen LogP contribution is 2.21. The quantitative estimate of drug-likeness (QED) is 0.676. The smallest absolute Gasteiger partial charge is 0.131 e. The lowest BCUT2D eigenvalue weighted by molar-refractivity contribution is 0.410. The predicted molar refractivity (Wildman–Crippen MR) is 101 cm³/mol. The Morgan fingerprint density at radius 2 is 1.68 bits per heavy atom. The maximum Gasteiger partial charge on any atom is 0.131 e. The average Bonchev–Trinajstić information content (AvgIpc) is 2.67. The summed E-state index contributed by atoms with van der Waals surface area (Å²) >= 11 is 0. The van der Waals surface area contributed by atoms with E-state index in [-0.39, 0.29) is 6.04 Å². The molecule has 0 radical (unpaired) electrons. The molecule has 25 heavy (non-hydrogen) atoms. The standard InChI is InChI=1S/C20H22N4O/c1-15(16-8-4-3-5-9-16)24-20-12-19(22-14-23-20)21-13-17-10-6-7-11-18(17)25-2/h3-12,14-15H,13H2,1-2H3,(H2,21,22,23,24). The minimum absolute atomic E-state index is 0.165. The highest BCUT2D eigenvalue weighted by atomic mass is 16.5. The van der Waals surface area contributed by atoms with Crippen LogP contribution in [0.1, 0.15) is 24.1 Å². The van der Waals surface area contributed by atoms with Crippen LogP contribution in [0.25, 0.3) is 0 Å². The van der Waals surface area contributed by atoms with Crippen LogP contribution in [0.2, 0.25) is 0 Å². The summed E-state index contributed by atoms with van der Waals surface area (Å²) in [6.07, 6.45) is 1.56. The zero-order valence-electron chi connectivity index (χ0n) is 14.4. The van der Waals surface area contributed by atoms with Crippen LogP contribution in [0.5, 0.6) is 5.75 Å². The molecule has 0 fully saturated rings. The Morgan fingerprint density at radius 1 is 0.960 bits per heavy atom. The second kappa shape index (κ2) is 8.15. The van der Waals surface area contributed by atoms with Crippen LogP contribution in [0, 0.1) is 0 Å². The van der Waals surface area contributed by atoms with E-state index in [4.69, 9.17) is 4.74 Å². The summed E-state index contributed by atoms with van der Waals surface area (Å²) in [6.45, 7) is 2.74. The Kier molecular flexibility index (Phi) is 5.46. The van der Waals surface area contributed by atoms with Crippen LogP contribution < -0.4 is 15.4 Å². The van der Waals surface area contributed by atoms with Gasteiger partial charge >= 0.3 is 0 Å². The number of hydrogen-bond acceptors (Lipinski definition) is 5. The fourth-order valence-corrected chi connectivity index (χ4v) is 2.61. The van der Waals surface area contributed by atoms with Gasteiger partial charge in [-0.3, -0.25) is 0 Å². The Labute approximate surface area is 148 Å². The van der Waals surface area contributed by atoms with Crippen molar-refractivity contribution in [3.8, 4) is 5.75 Å². The van der Waals surface area contributed by atoms with Crippen LogP contribution in [0.15, 0.2) is 67.0 Å². The molecule has 3 rings (SSSR count). The van der Waals surface area contributed by atoms with E-state index >= 15 is 0 Å². The number of benzene rings is 2. The normalized spacial score (nSPS) is 11.6. The molecule has 0 amide bonds. The molecule has 0 aliphatic heterocycles. The fourth-order valence-electron chi connectivity index (χ4n) is 2.61. The molecule has 0 bridgehead atoms. The first kappa shape index (κ1) is 16.8. The van der Waals surface area contributed by atoms with Gasteiger partial charge in [-0.25, -0.2) is 9.97 Å². The molecule has 0 saturated heterocycles. The van der Waals surface area contributed by atoms with E-state index < -0.39 is 0 Å². The molecule has 128 valence electrons. The van der Waals surface area contributed by atoms with E-state index in [1.54, 1.807) is 13.4 Å². The number of methoxy groups -OCH3 is 1. The van der Waals surface area contributed by atoms with E-state index in [1.165, 1.54) is 5.56 Å². The van der Waals surface area contributed by atoms with Crippen molar-refractivity contribution in [1.29, 1.82) is 0 Å². The van der Waals surface area contributed by atoms with Crippen LogP contribution in [0.3, 0.4) is 0 Å². The molecule has 1 heterocycles. The highest BCUT2D eigenvalue weighted by Gasteiger charge is 2.07.